The predicted molar refractivity (Wildman–Crippen MR) is 99.4 cm³/mol. The summed E-state index contributed by atoms with van der Waals surface area (Å²) in [6, 6.07) is 11.0. The van der Waals surface area contributed by atoms with Crippen molar-refractivity contribution in [2.45, 2.75) is 31.1 Å². The Bertz CT molecular complexity index is 906. The minimum atomic E-state index is -3.73. The van der Waals surface area contributed by atoms with Crippen LogP contribution in [0.1, 0.15) is 25.0 Å². The molecule has 1 heterocycles. The molecule has 0 saturated heterocycles. The number of benzene rings is 2. The minimum Gasteiger partial charge on any atom is -0.495 e. The molecule has 0 bridgehead atoms. The van der Waals surface area contributed by atoms with Crippen LogP contribution in [0.2, 0.25) is 0 Å². The second kappa shape index (κ2) is 5.77. The van der Waals surface area contributed by atoms with Crippen molar-refractivity contribution in [3.63, 3.8) is 0 Å². The fourth-order valence-electron chi connectivity index (χ4n) is 3.12. The number of fused-ring (bicyclic) bond motifs is 1. The Kier molecular flexibility index (Phi) is 4.16. The first kappa shape index (κ1) is 17.3. The lowest BCUT2D eigenvalue weighted by molar-refractivity contribution is 0.402. The van der Waals surface area contributed by atoms with Gasteiger partial charge in [-0.25, -0.2) is 8.42 Å². The van der Waals surface area contributed by atoms with Gasteiger partial charge in [-0.05, 0) is 36.2 Å². The van der Waals surface area contributed by atoms with Crippen molar-refractivity contribution in [3.8, 4) is 5.75 Å². The monoisotopic (exact) mass is 409 g/mol. The molecule has 24 heavy (non-hydrogen) atoms. The molecule has 1 aliphatic rings. The van der Waals surface area contributed by atoms with E-state index in [9.17, 15) is 8.42 Å². The van der Waals surface area contributed by atoms with E-state index >= 15 is 0 Å². The summed E-state index contributed by atoms with van der Waals surface area (Å²) in [6.07, 6.45) is 0. The highest BCUT2D eigenvalue weighted by atomic mass is 79.9. The quantitative estimate of drug-likeness (QED) is 0.760. The van der Waals surface area contributed by atoms with Crippen LogP contribution in [0.4, 0.5) is 5.69 Å². The predicted octanol–water partition coefficient (Wildman–Crippen LogP) is 4.25. The fraction of sp³-hybridized carbons (Fsp3) is 0.333. The lowest BCUT2D eigenvalue weighted by atomic mass is 9.87. The van der Waals surface area contributed by atoms with E-state index in [1.54, 1.807) is 12.1 Å². The van der Waals surface area contributed by atoms with E-state index in [0.717, 1.165) is 21.3 Å². The number of rotatable bonds is 3. The van der Waals surface area contributed by atoms with Crippen LogP contribution in [0.15, 0.2) is 45.8 Å². The van der Waals surface area contributed by atoms with Gasteiger partial charge >= 0.3 is 0 Å². The molecule has 0 aliphatic carbocycles. The summed E-state index contributed by atoms with van der Waals surface area (Å²) in [5.74, 6) is 0.359. The van der Waals surface area contributed by atoms with Crippen molar-refractivity contribution < 1.29 is 13.2 Å². The van der Waals surface area contributed by atoms with Crippen molar-refractivity contribution in [2.75, 3.05) is 18.0 Å². The Labute approximate surface area is 151 Å². The van der Waals surface area contributed by atoms with Crippen molar-refractivity contribution in [3.05, 3.63) is 52.0 Å². The number of para-hydroxylation sites is 1. The standard InChI is InChI=1S/C18H20BrNO3S/c1-12-9-16(23-4)17(10-14(12)19)24(21,22)20-11-18(2,3)13-7-5-6-8-15(13)20/h5-10H,11H2,1-4H3. The molecule has 0 fully saturated rings. The molecule has 2 aromatic rings. The molecule has 4 nitrogen and oxygen atoms in total. The van der Waals surface area contributed by atoms with Crippen molar-refractivity contribution in [1.29, 1.82) is 0 Å². The average molecular weight is 410 g/mol. The fourth-order valence-corrected chi connectivity index (χ4v) is 5.43. The van der Waals surface area contributed by atoms with Crippen LogP contribution >= 0.6 is 15.9 Å². The highest BCUT2D eigenvalue weighted by Crippen LogP contribution is 2.44. The van der Waals surface area contributed by atoms with Crippen LogP contribution in [0, 0.1) is 6.92 Å². The number of hydrogen-bond acceptors (Lipinski definition) is 3. The van der Waals surface area contributed by atoms with Crippen LogP contribution in [-0.2, 0) is 15.4 Å². The van der Waals surface area contributed by atoms with Gasteiger partial charge in [-0.3, -0.25) is 4.31 Å². The van der Waals surface area contributed by atoms with E-state index < -0.39 is 10.0 Å². The number of nitrogens with zero attached hydrogens (tertiary/aromatic N) is 1. The van der Waals surface area contributed by atoms with Gasteiger partial charge in [-0.2, -0.15) is 0 Å². The molecule has 0 N–H and O–H groups in total. The second-order valence-corrected chi connectivity index (χ2v) is 9.35. The Balaban J connectivity index is 2.19. The van der Waals surface area contributed by atoms with Crippen molar-refractivity contribution in [2.24, 2.45) is 0 Å². The van der Waals surface area contributed by atoms with Crippen LogP contribution in [0.3, 0.4) is 0 Å². The lowest BCUT2D eigenvalue weighted by Gasteiger charge is -2.23. The summed E-state index contributed by atoms with van der Waals surface area (Å²) in [7, 11) is -2.24. The Morgan fingerprint density at radius 1 is 1.21 bits per heavy atom. The third kappa shape index (κ3) is 2.62. The van der Waals surface area contributed by atoms with Gasteiger partial charge in [0.15, 0.2) is 0 Å². The van der Waals surface area contributed by atoms with Crippen LogP contribution in [0.5, 0.6) is 5.75 Å². The first-order valence-corrected chi connectivity index (χ1v) is 9.88. The molecule has 0 unspecified atom stereocenters. The smallest absolute Gasteiger partial charge is 0.268 e. The summed E-state index contributed by atoms with van der Waals surface area (Å²) < 4.78 is 34.3. The second-order valence-electron chi connectivity index (χ2n) is 6.66. The molecule has 6 heteroatoms. The van der Waals surface area contributed by atoms with Gasteiger partial charge in [0.05, 0.1) is 12.8 Å². The van der Waals surface area contributed by atoms with E-state index in [1.807, 2.05) is 31.2 Å². The molecule has 2 aromatic carbocycles. The summed E-state index contributed by atoms with van der Waals surface area (Å²) in [6.45, 7) is 6.42. The molecule has 0 radical (unpaired) electrons. The maximum atomic E-state index is 13.4. The number of halogens is 1. The summed E-state index contributed by atoms with van der Waals surface area (Å²) >= 11 is 3.43. The van der Waals surface area contributed by atoms with Gasteiger partial charge in [0, 0.05) is 16.4 Å². The minimum absolute atomic E-state index is 0.176. The third-order valence-corrected chi connectivity index (χ3v) is 7.09. The van der Waals surface area contributed by atoms with Gasteiger partial charge < -0.3 is 4.74 Å². The molecule has 0 spiro atoms. The first-order valence-electron chi connectivity index (χ1n) is 7.65. The van der Waals surface area contributed by atoms with Crippen LogP contribution < -0.4 is 9.04 Å². The normalized spacial score (nSPS) is 16.1. The summed E-state index contributed by atoms with van der Waals surface area (Å²) in [5.41, 5.74) is 2.46. The zero-order valence-electron chi connectivity index (χ0n) is 14.1. The average Bonchev–Trinajstić information content (AvgIpc) is 2.82. The van der Waals surface area contributed by atoms with E-state index in [-0.39, 0.29) is 10.3 Å². The highest BCUT2D eigenvalue weighted by molar-refractivity contribution is 9.10. The van der Waals surface area contributed by atoms with E-state index in [0.29, 0.717) is 12.3 Å². The van der Waals surface area contributed by atoms with E-state index in [4.69, 9.17) is 4.74 Å². The molecule has 0 aromatic heterocycles. The van der Waals surface area contributed by atoms with Crippen LogP contribution in [-0.4, -0.2) is 22.1 Å². The lowest BCUT2D eigenvalue weighted by Crippen LogP contribution is -2.34. The summed E-state index contributed by atoms with van der Waals surface area (Å²) in [5, 5.41) is 0. The first-order chi connectivity index (χ1) is 11.2. The number of aryl methyl sites for hydroxylation is 1. The highest BCUT2D eigenvalue weighted by Gasteiger charge is 2.41. The molecule has 128 valence electrons. The van der Waals surface area contributed by atoms with E-state index in [2.05, 4.69) is 29.8 Å². The van der Waals surface area contributed by atoms with Crippen LogP contribution in [0.25, 0.3) is 0 Å². The number of hydrogen-bond donors (Lipinski definition) is 0. The molecule has 0 saturated carbocycles. The number of methoxy groups -OCH3 is 1. The molecular weight excluding hydrogens is 390 g/mol. The molecule has 1 aliphatic heterocycles. The number of sulfonamides is 1. The van der Waals surface area contributed by atoms with E-state index in [1.165, 1.54) is 11.4 Å². The number of ether oxygens (including phenoxy) is 1. The third-order valence-electron chi connectivity index (χ3n) is 4.45. The van der Waals surface area contributed by atoms with Crippen molar-refractivity contribution in [1.82, 2.24) is 0 Å². The maximum Gasteiger partial charge on any atom is 0.268 e. The van der Waals surface area contributed by atoms with Gasteiger partial charge in [0.1, 0.15) is 10.6 Å². The van der Waals surface area contributed by atoms with Gasteiger partial charge in [-0.15, -0.1) is 0 Å². The maximum absolute atomic E-state index is 13.4. The summed E-state index contributed by atoms with van der Waals surface area (Å²) in [4.78, 5) is 0.176. The zero-order valence-corrected chi connectivity index (χ0v) is 16.5. The SMILES string of the molecule is COc1cc(C)c(Br)cc1S(=O)(=O)N1CC(C)(C)c2ccccc21. The Morgan fingerprint density at radius 3 is 2.54 bits per heavy atom. The van der Waals surface area contributed by atoms with Gasteiger partial charge in [0.25, 0.3) is 10.0 Å². The number of anilines is 1. The molecule has 0 amide bonds. The zero-order chi connectivity index (χ0) is 17.7. The van der Waals surface area contributed by atoms with Gasteiger partial charge in [0.2, 0.25) is 0 Å². The Morgan fingerprint density at radius 2 is 1.88 bits per heavy atom. The van der Waals surface area contributed by atoms with Crippen molar-refractivity contribution >= 4 is 31.6 Å². The molecule has 0 atom stereocenters. The molecule has 3 rings (SSSR count). The van der Waals surface area contributed by atoms with Gasteiger partial charge in [-0.1, -0.05) is 48.0 Å². The largest absolute Gasteiger partial charge is 0.495 e. The molecular formula is C18H20BrNO3S. The topological polar surface area (TPSA) is 46.6 Å². The Hall–Kier alpha value is -1.53.